The maximum atomic E-state index is 12.8. The fourth-order valence-corrected chi connectivity index (χ4v) is 5.17. The Hall–Kier alpha value is -2.18. The third kappa shape index (κ3) is 5.42. The van der Waals surface area contributed by atoms with E-state index in [4.69, 9.17) is 0 Å². The van der Waals surface area contributed by atoms with Gasteiger partial charge in [-0.05, 0) is 49.8 Å². The first-order valence-electron chi connectivity index (χ1n) is 9.84. The van der Waals surface area contributed by atoms with Gasteiger partial charge < -0.3 is 5.32 Å². The average molecular weight is 401 g/mol. The van der Waals surface area contributed by atoms with Gasteiger partial charge in [-0.15, -0.1) is 0 Å². The van der Waals surface area contributed by atoms with Crippen LogP contribution in [0.15, 0.2) is 54.6 Å². The number of hydrogen-bond donors (Lipinski definition) is 1. The molecule has 1 amide bonds. The van der Waals surface area contributed by atoms with Gasteiger partial charge in [-0.1, -0.05) is 48.5 Å². The lowest BCUT2D eigenvalue weighted by molar-refractivity contribution is -0.120. The number of piperidine rings is 1. The number of nitrogens with one attached hydrogen (secondary N) is 1. The number of carbonyl (C=O) groups is 1. The number of carbonyl (C=O) groups excluding carboxylic acids is 1. The summed E-state index contributed by atoms with van der Waals surface area (Å²) in [4.78, 5) is 12.7. The van der Waals surface area contributed by atoms with Gasteiger partial charge in [0.05, 0.1) is 11.7 Å². The first-order valence-corrected chi connectivity index (χ1v) is 11.4. The molecule has 1 saturated heterocycles. The van der Waals surface area contributed by atoms with Gasteiger partial charge in [0.15, 0.2) is 0 Å². The van der Waals surface area contributed by atoms with Crippen molar-refractivity contribution < 1.29 is 13.2 Å². The monoisotopic (exact) mass is 400 g/mol. The Balaban J connectivity index is 1.55. The van der Waals surface area contributed by atoms with Crippen LogP contribution in [-0.4, -0.2) is 37.5 Å². The number of anilines is 1. The second-order valence-corrected chi connectivity index (χ2v) is 9.49. The summed E-state index contributed by atoms with van der Waals surface area (Å²) < 4.78 is 27.0. The summed E-state index contributed by atoms with van der Waals surface area (Å²) in [7, 11) is -3.35. The molecule has 150 valence electrons. The van der Waals surface area contributed by atoms with Crippen molar-refractivity contribution in [1.29, 1.82) is 0 Å². The van der Waals surface area contributed by atoms with Crippen molar-refractivity contribution in [3.05, 3.63) is 65.7 Å². The minimum atomic E-state index is -3.35. The summed E-state index contributed by atoms with van der Waals surface area (Å²) >= 11 is 0. The average Bonchev–Trinajstić information content (AvgIpc) is 2.70. The summed E-state index contributed by atoms with van der Waals surface area (Å²) in [5, 5.41) is 2.96. The number of aryl methyl sites for hydroxylation is 2. The Kier molecular flexibility index (Phi) is 6.86. The van der Waals surface area contributed by atoms with Crippen molar-refractivity contribution in [3.8, 4) is 0 Å². The van der Waals surface area contributed by atoms with Crippen LogP contribution in [-0.2, 0) is 21.2 Å². The van der Waals surface area contributed by atoms with E-state index in [-0.39, 0.29) is 24.1 Å². The Morgan fingerprint density at radius 3 is 2.57 bits per heavy atom. The van der Waals surface area contributed by atoms with Gasteiger partial charge in [-0.2, -0.15) is 0 Å². The summed E-state index contributed by atoms with van der Waals surface area (Å²) in [5.74, 6) is -0.288. The first-order chi connectivity index (χ1) is 13.5. The second kappa shape index (κ2) is 9.34. The Labute approximate surface area is 167 Å². The topological polar surface area (TPSA) is 66.5 Å². The van der Waals surface area contributed by atoms with Crippen LogP contribution < -0.4 is 5.32 Å². The van der Waals surface area contributed by atoms with E-state index in [2.05, 4.69) is 5.32 Å². The number of amides is 1. The number of benzene rings is 2. The van der Waals surface area contributed by atoms with E-state index in [1.807, 2.05) is 61.5 Å². The lowest BCUT2D eigenvalue weighted by Crippen LogP contribution is -2.44. The van der Waals surface area contributed by atoms with Crippen molar-refractivity contribution in [3.63, 3.8) is 0 Å². The molecule has 2 aromatic carbocycles. The third-order valence-corrected chi connectivity index (χ3v) is 7.18. The number of hydrogen-bond acceptors (Lipinski definition) is 3. The summed E-state index contributed by atoms with van der Waals surface area (Å²) in [6, 6.07) is 17.5. The quantitative estimate of drug-likeness (QED) is 0.772. The van der Waals surface area contributed by atoms with Gasteiger partial charge in [0.1, 0.15) is 0 Å². The molecule has 1 atom stereocenters. The zero-order valence-electron chi connectivity index (χ0n) is 16.3. The SMILES string of the molecule is Cc1ccccc1NC(=O)C1CCCN(S(=O)(=O)CCCc2ccccc2)C1. The molecule has 1 fully saturated rings. The zero-order chi connectivity index (χ0) is 20.0. The van der Waals surface area contributed by atoms with E-state index in [0.717, 1.165) is 23.2 Å². The molecule has 0 spiro atoms. The zero-order valence-corrected chi connectivity index (χ0v) is 17.1. The van der Waals surface area contributed by atoms with Crippen LogP contribution in [0.2, 0.25) is 0 Å². The normalized spacial score (nSPS) is 18.0. The van der Waals surface area contributed by atoms with Crippen molar-refractivity contribution in [2.75, 3.05) is 24.2 Å². The fourth-order valence-electron chi connectivity index (χ4n) is 3.59. The summed E-state index contributed by atoms with van der Waals surface area (Å²) in [6.07, 6.45) is 2.76. The second-order valence-electron chi connectivity index (χ2n) is 7.41. The minimum Gasteiger partial charge on any atom is -0.326 e. The van der Waals surface area contributed by atoms with Crippen LogP contribution in [0.5, 0.6) is 0 Å². The maximum absolute atomic E-state index is 12.8. The number of para-hydroxylation sites is 1. The molecular formula is C22H28N2O3S. The molecule has 0 bridgehead atoms. The van der Waals surface area contributed by atoms with E-state index in [9.17, 15) is 13.2 Å². The minimum absolute atomic E-state index is 0.0986. The van der Waals surface area contributed by atoms with Crippen molar-refractivity contribution in [2.45, 2.75) is 32.6 Å². The van der Waals surface area contributed by atoms with Gasteiger partial charge in [-0.3, -0.25) is 4.79 Å². The molecule has 0 aromatic heterocycles. The molecule has 1 unspecified atom stereocenters. The number of rotatable bonds is 7. The van der Waals surface area contributed by atoms with E-state index in [1.54, 1.807) is 0 Å². The smallest absolute Gasteiger partial charge is 0.228 e. The van der Waals surface area contributed by atoms with Crippen LogP contribution >= 0.6 is 0 Å². The molecule has 6 heteroatoms. The molecule has 1 aliphatic heterocycles. The van der Waals surface area contributed by atoms with E-state index >= 15 is 0 Å². The molecule has 0 aliphatic carbocycles. The predicted octanol–water partition coefficient (Wildman–Crippen LogP) is 3.61. The van der Waals surface area contributed by atoms with Crippen LogP contribution in [0.3, 0.4) is 0 Å². The van der Waals surface area contributed by atoms with Gasteiger partial charge in [0.25, 0.3) is 0 Å². The van der Waals surface area contributed by atoms with Crippen molar-refractivity contribution in [1.82, 2.24) is 4.31 Å². The Morgan fingerprint density at radius 2 is 1.82 bits per heavy atom. The highest BCUT2D eigenvalue weighted by Gasteiger charge is 2.32. The lowest BCUT2D eigenvalue weighted by Gasteiger charge is -2.31. The van der Waals surface area contributed by atoms with Gasteiger partial charge in [0, 0.05) is 18.8 Å². The molecule has 28 heavy (non-hydrogen) atoms. The standard InChI is InChI=1S/C22H28N2O3S/c1-18-9-5-6-14-21(18)23-22(25)20-13-7-15-24(17-20)28(26,27)16-8-12-19-10-3-2-4-11-19/h2-6,9-11,14,20H,7-8,12-13,15-17H2,1H3,(H,23,25). The number of nitrogens with zero attached hydrogens (tertiary/aromatic N) is 1. The Morgan fingerprint density at radius 1 is 1.11 bits per heavy atom. The molecule has 5 nitrogen and oxygen atoms in total. The molecule has 1 heterocycles. The van der Waals surface area contributed by atoms with Crippen LogP contribution in [0.25, 0.3) is 0 Å². The largest absolute Gasteiger partial charge is 0.326 e. The van der Waals surface area contributed by atoms with Crippen molar-refractivity contribution >= 4 is 21.6 Å². The maximum Gasteiger partial charge on any atom is 0.228 e. The van der Waals surface area contributed by atoms with Crippen molar-refractivity contribution in [2.24, 2.45) is 5.92 Å². The van der Waals surface area contributed by atoms with Crippen LogP contribution in [0, 0.1) is 12.8 Å². The molecule has 3 rings (SSSR count). The van der Waals surface area contributed by atoms with Gasteiger partial charge in [-0.25, -0.2) is 12.7 Å². The molecule has 0 radical (unpaired) electrons. The summed E-state index contributed by atoms with van der Waals surface area (Å²) in [6.45, 7) is 2.72. The Bertz CT molecular complexity index is 897. The van der Waals surface area contributed by atoms with E-state index < -0.39 is 10.0 Å². The molecule has 2 aromatic rings. The highest BCUT2D eigenvalue weighted by molar-refractivity contribution is 7.89. The molecule has 0 saturated carbocycles. The highest BCUT2D eigenvalue weighted by atomic mass is 32.2. The highest BCUT2D eigenvalue weighted by Crippen LogP contribution is 2.23. The van der Waals surface area contributed by atoms with E-state index in [1.165, 1.54) is 4.31 Å². The predicted molar refractivity (Wildman–Crippen MR) is 113 cm³/mol. The van der Waals surface area contributed by atoms with Crippen LogP contribution in [0.1, 0.15) is 30.4 Å². The summed E-state index contributed by atoms with van der Waals surface area (Å²) in [5.41, 5.74) is 2.93. The fraction of sp³-hybridized carbons (Fsp3) is 0.409. The molecule has 1 N–H and O–H groups in total. The van der Waals surface area contributed by atoms with Gasteiger partial charge in [0.2, 0.25) is 15.9 Å². The molecule has 1 aliphatic rings. The number of sulfonamides is 1. The lowest BCUT2D eigenvalue weighted by atomic mass is 9.98. The van der Waals surface area contributed by atoms with E-state index in [0.29, 0.717) is 25.8 Å². The first kappa shape index (κ1) is 20.6. The van der Waals surface area contributed by atoms with Crippen LogP contribution in [0.4, 0.5) is 5.69 Å². The molecular weight excluding hydrogens is 372 g/mol. The third-order valence-electron chi connectivity index (χ3n) is 5.26. The van der Waals surface area contributed by atoms with Gasteiger partial charge >= 0.3 is 0 Å².